The average Bonchev–Trinajstić information content (AvgIpc) is 2.74. The lowest BCUT2D eigenvalue weighted by Gasteiger charge is -2.36. The van der Waals surface area contributed by atoms with Crippen LogP contribution in [0.25, 0.3) is 0 Å². The summed E-state index contributed by atoms with van der Waals surface area (Å²) in [6, 6.07) is 10.6. The number of likely N-dealkylation sites (tertiary alicyclic amines) is 1. The Balaban J connectivity index is 1.31. The van der Waals surface area contributed by atoms with Crippen LogP contribution in [0.1, 0.15) is 26.2 Å². The summed E-state index contributed by atoms with van der Waals surface area (Å²) in [6.45, 7) is 8.27. The third-order valence-corrected chi connectivity index (χ3v) is 5.53. The summed E-state index contributed by atoms with van der Waals surface area (Å²) in [4.78, 5) is 30.5. The van der Waals surface area contributed by atoms with Crippen LogP contribution < -0.4 is 10.2 Å². The Bertz CT molecular complexity index is 624. The van der Waals surface area contributed by atoms with Crippen LogP contribution in [0.15, 0.2) is 30.3 Å². The second kappa shape index (κ2) is 10.3. The number of piperidine rings is 1. The van der Waals surface area contributed by atoms with Gasteiger partial charge in [0.25, 0.3) is 0 Å². The minimum Gasteiger partial charge on any atom is -0.450 e. The normalized spacial score (nSPS) is 18.8. The third kappa shape index (κ3) is 5.86. The molecule has 2 fully saturated rings. The SMILES string of the molecule is CCOC(=O)N1CCC(NC(=O)CCN2CCN(c3ccccc3)CC2)CC1. The summed E-state index contributed by atoms with van der Waals surface area (Å²) in [6.07, 6.45) is 1.87. The van der Waals surface area contributed by atoms with E-state index in [9.17, 15) is 9.59 Å². The van der Waals surface area contributed by atoms with Crippen molar-refractivity contribution in [2.45, 2.75) is 32.2 Å². The van der Waals surface area contributed by atoms with E-state index < -0.39 is 0 Å². The Morgan fingerprint density at radius 1 is 1.04 bits per heavy atom. The van der Waals surface area contributed by atoms with Crippen molar-refractivity contribution in [1.29, 1.82) is 0 Å². The summed E-state index contributed by atoms with van der Waals surface area (Å²) in [5.74, 6) is 0.111. The second-order valence-electron chi connectivity index (χ2n) is 7.44. The molecular formula is C21H32N4O3. The average molecular weight is 389 g/mol. The number of benzene rings is 1. The summed E-state index contributed by atoms with van der Waals surface area (Å²) >= 11 is 0. The highest BCUT2D eigenvalue weighted by Gasteiger charge is 2.25. The predicted octanol–water partition coefficient (Wildman–Crippen LogP) is 1.94. The maximum atomic E-state index is 12.3. The number of nitrogens with zero attached hydrogens (tertiary/aromatic N) is 3. The van der Waals surface area contributed by atoms with Crippen LogP contribution in [0.5, 0.6) is 0 Å². The molecule has 7 heteroatoms. The summed E-state index contributed by atoms with van der Waals surface area (Å²) in [5.41, 5.74) is 1.27. The van der Waals surface area contributed by atoms with E-state index in [1.807, 2.05) is 13.0 Å². The molecule has 154 valence electrons. The molecule has 0 aromatic heterocycles. The Kier molecular flexibility index (Phi) is 7.54. The van der Waals surface area contributed by atoms with E-state index in [0.717, 1.165) is 45.6 Å². The van der Waals surface area contributed by atoms with Gasteiger partial charge in [-0.15, -0.1) is 0 Å². The molecule has 0 atom stereocenters. The number of hydrogen-bond acceptors (Lipinski definition) is 5. The molecule has 0 bridgehead atoms. The van der Waals surface area contributed by atoms with Crippen molar-refractivity contribution >= 4 is 17.7 Å². The Morgan fingerprint density at radius 3 is 2.36 bits per heavy atom. The van der Waals surface area contributed by atoms with E-state index in [2.05, 4.69) is 39.4 Å². The number of ether oxygens (including phenoxy) is 1. The number of nitrogens with one attached hydrogen (secondary N) is 1. The van der Waals surface area contributed by atoms with Crippen LogP contribution in [-0.4, -0.2) is 80.3 Å². The maximum Gasteiger partial charge on any atom is 0.409 e. The monoisotopic (exact) mass is 388 g/mol. The molecule has 0 unspecified atom stereocenters. The number of anilines is 1. The zero-order chi connectivity index (χ0) is 19.8. The summed E-state index contributed by atoms with van der Waals surface area (Å²) in [5, 5.41) is 3.13. The van der Waals surface area contributed by atoms with E-state index >= 15 is 0 Å². The fourth-order valence-corrected chi connectivity index (χ4v) is 3.85. The van der Waals surface area contributed by atoms with E-state index in [1.54, 1.807) is 4.90 Å². The summed E-state index contributed by atoms with van der Waals surface area (Å²) < 4.78 is 5.03. The van der Waals surface area contributed by atoms with Crippen molar-refractivity contribution in [2.24, 2.45) is 0 Å². The molecule has 2 amide bonds. The van der Waals surface area contributed by atoms with Gasteiger partial charge in [-0.05, 0) is 31.9 Å². The lowest BCUT2D eigenvalue weighted by atomic mass is 10.1. The second-order valence-corrected chi connectivity index (χ2v) is 7.44. The van der Waals surface area contributed by atoms with Crippen LogP contribution >= 0.6 is 0 Å². The van der Waals surface area contributed by atoms with Crippen molar-refractivity contribution in [2.75, 3.05) is 57.3 Å². The molecule has 0 aliphatic carbocycles. The molecule has 0 spiro atoms. The number of carbonyl (C=O) groups excluding carboxylic acids is 2. The van der Waals surface area contributed by atoms with Gasteiger partial charge in [-0.2, -0.15) is 0 Å². The van der Waals surface area contributed by atoms with Gasteiger partial charge in [-0.25, -0.2) is 4.79 Å². The van der Waals surface area contributed by atoms with Gasteiger partial charge in [0.05, 0.1) is 6.61 Å². The molecule has 28 heavy (non-hydrogen) atoms. The zero-order valence-corrected chi connectivity index (χ0v) is 16.8. The van der Waals surface area contributed by atoms with Crippen LogP contribution in [0.3, 0.4) is 0 Å². The van der Waals surface area contributed by atoms with Crippen LogP contribution in [-0.2, 0) is 9.53 Å². The highest BCUT2D eigenvalue weighted by molar-refractivity contribution is 5.76. The van der Waals surface area contributed by atoms with Crippen molar-refractivity contribution < 1.29 is 14.3 Å². The van der Waals surface area contributed by atoms with Gasteiger partial charge in [-0.1, -0.05) is 18.2 Å². The molecular weight excluding hydrogens is 356 g/mol. The number of amides is 2. The first-order valence-electron chi connectivity index (χ1n) is 10.4. The maximum absolute atomic E-state index is 12.3. The van der Waals surface area contributed by atoms with E-state index in [1.165, 1.54) is 5.69 Å². The lowest BCUT2D eigenvalue weighted by molar-refractivity contribution is -0.122. The van der Waals surface area contributed by atoms with Gasteiger partial charge in [0.15, 0.2) is 0 Å². The molecule has 7 nitrogen and oxygen atoms in total. The van der Waals surface area contributed by atoms with Gasteiger partial charge >= 0.3 is 6.09 Å². The van der Waals surface area contributed by atoms with Crippen LogP contribution in [0.2, 0.25) is 0 Å². The van der Waals surface area contributed by atoms with Crippen molar-refractivity contribution in [3.63, 3.8) is 0 Å². The number of hydrogen-bond donors (Lipinski definition) is 1. The number of carbonyl (C=O) groups is 2. The highest BCUT2D eigenvalue weighted by Crippen LogP contribution is 2.16. The highest BCUT2D eigenvalue weighted by atomic mass is 16.6. The number of para-hydroxylation sites is 1. The van der Waals surface area contributed by atoms with E-state index in [0.29, 0.717) is 26.1 Å². The van der Waals surface area contributed by atoms with Crippen LogP contribution in [0, 0.1) is 0 Å². The van der Waals surface area contributed by atoms with Gasteiger partial charge < -0.3 is 19.9 Å². The van der Waals surface area contributed by atoms with Gasteiger partial charge in [-0.3, -0.25) is 9.69 Å². The first-order valence-corrected chi connectivity index (χ1v) is 10.4. The smallest absolute Gasteiger partial charge is 0.409 e. The fourth-order valence-electron chi connectivity index (χ4n) is 3.85. The molecule has 1 aromatic carbocycles. The molecule has 2 aliphatic rings. The number of piperazine rings is 1. The van der Waals surface area contributed by atoms with Crippen molar-refractivity contribution in [3.8, 4) is 0 Å². The molecule has 2 aliphatic heterocycles. The number of rotatable bonds is 6. The van der Waals surface area contributed by atoms with Crippen molar-refractivity contribution in [1.82, 2.24) is 15.1 Å². The molecule has 2 heterocycles. The molecule has 0 saturated carbocycles. The Hall–Kier alpha value is -2.28. The standard InChI is InChI=1S/C21H32N4O3/c1-2-28-21(27)25-12-8-18(9-13-25)22-20(26)10-11-23-14-16-24(17-15-23)19-6-4-3-5-7-19/h3-7,18H,2,8-17H2,1H3,(H,22,26). The Labute approximate surface area is 167 Å². The third-order valence-electron chi connectivity index (χ3n) is 5.53. The minimum absolute atomic E-state index is 0.111. The fraction of sp³-hybridized carbons (Fsp3) is 0.619. The first kappa shape index (κ1) is 20.5. The molecule has 3 rings (SSSR count). The molecule has 0 radical (unpaired) electrons. The largest absolute Gasteiger partial charge is 0.450 e. The topological polar surface area (TPSA) is 65.1 Å². The quantitative estimate of drug-likeness (QED) is 0.807. The van der Waals surface area contributed by atoms with Gasteiger partial charge in [0, 0.05) is 64.0 Å². The zero-order valence-electron chi connectivity index (χ0n) is 16.8. The van der Waals surface area contributed by atoms with E-state index in [4.69, 9.17) is 4.74 Å². The Morgan fingerprint density at radius 2 is 1.71 bits per heavy atom. The van der Waals surface area contributed by atoms with Crippen molar-refractivity contribution in [3.05, 3.63) is 30.3 Å². The van der Waals surface area contributed by atoms with Gasteiger partial charge in [0.2, 0.25) is 5.91 Å². The lowest BCUT2D eigenvalue weighted by Crippen LogP contribution is -2.49. The van der Waals surface area contributed by atoms with Crippen LogP contribution in [0.4, 0.5) is 10.5 Å². The molecule has 1 N–H and O–H groups in total. The van der Waals surface area contributed by atoms with E-state index in [-0.39, 0.29) is 18.0 Å². The first-order chi connectivity index (χ1) is 13.7. The summed E-state index contributed by atoms with van der Waals surface area (Å²) in [7, 11) is 0. The van der Waals surface area contributed by atoms with Gasteiger partial charge in [0.1, 0.15) is 0 Å². The molecule has 2 saturated heterocycles. The minimum atomic E-state index is -0.248. The molecule has 1 aromatic rings. The predicted molar refractivity (Wildman–Crippen MR) is 109 cm³/mol.